The second-order valence-electron chi connectivity index (χ2n) is 7.41. The van der Waals surface area contributed by atoms with E-state index in [4.69, 9.17) is 14.2 Å². The molecule has 176 valence electrons. The predicted molar refractivity (Wildman–Crippen MR) is 120 cm³/mol. The summed E-state index contributed by atoms with van der Waals surface area (Å²) in [6.07, 6.45) is -1.13. The van der Waals surface area contributed by atoms with Gasteiger partial charge in [0.05, 0.1) is 10.5 Å². The lowest BCUT2D eigenvalue weighted by atomic mass is 10.1. The van der Waals surface area contributed by atoms with Crippen LogP contribution >= 0.6 is 0 Å². The van der Waals surface area contributed by atoms with E-state index in [-0.39, 0.29) is 21.7 Å². The van der Waals surface area contributed by atoms with Gasteiger partial charge in [-0.3, -0.25) is 9.52 Å². The lowest BCUT2D eigenvalue weighted by Gasteiger charge is -2.19. The number of carbonyl (C=O) groups is 2. The van der Waals surface area contributed by atoms with Gasteiger partial charge in [-0.05, 0) is 61.5 Å². The van der Waals surface area contributed by atoms with E-state index < -0.39 is 33.7 Å². The number of hydrogen-bond acceptors (Lipinski definition) is 7. The molecule has 0 amide bonds. The smallest absolute Gasteiger partial charge is 0.338 e. The molecule has 3 aromatic rings. The monoisotopic (exact) mass is 485 g/mol. The Labute approximate surface area is 195 Å². The van der Waals surface area contributed by atoms with Crippen LogP contribution in [0.3, 0.4) is 0 Å². The summed E-state index contributed by atoms with van der Waals surface area (Å²) in [5, 5.41) is 0. The van der Waals surface area contributed by atoms with Gasteiger partial charge in [0.1, 0.15) is 19.0 Å². The van der Waals surface area contributed by atoms with Gasteiger partial charge in [-0.1, -0.05) is 6.07 Å². The molecule has 1 N–H and O–H groups in total. The number of rotatable bonds is 7. The Morgan fingerprint density at radius 1 is 0.941 bits per heavy atom. The molecule has 0 saturated carbocycles. The number of Topliss-reactive ketones (excluding diaryl/α,β-unsaturated/α-hetero) is 1. The van der Waals surface area contributed by atoms with E-state index in [0.717, 1.165) is 12.1 Å². The van der Waals surface area contributed by atoms with E-state index in [2.05, 4.69) is 4.72 Å². The average molecular weight is 485 g/mol. The van der Waals surface area contributed by atoms with Gasteiger partial charge in [0.25, 0.3) is 10.0 Å². The highest BCUT2D eigenvalue weighted by Crippen LogP contribution is 2.32. The summed E-state index contributed by atoms with van der Waals surface area (Å²) in [4.78, 5) is 24.9. The van der Waals surface area contributed by atoms with Crippen LogP contribution in [0.15, 0.2) is 71.6 Å². The van der Waals surface area contributed by atoms with Crippen molar-refractivity contribution >= 4 is 27.5 Å². The number of ketones is 1. The molecule has 0 aliphatic carbocycles. The molecule has 1 atom stereocenters. The van der Waals surface area contributed by atoms with Crippen LogP contribution in [0.2, 0.25) is 0 Å². The molecule has 0 saturated heterocycles. The molecule has 10 heteroatoms. The SMILES string of the molecule is CC(OC(=O)c1cccc(NS(=O)(=O)c2ccc3c(c2)OCCO3)c1)C(=O)c1ccc(F)cc1. The molecule has 1 aliphatic heterocycles. The van der Waals surface area contributed by atoms with Crippen LogP contribution in [-0.4, -0.2) is 39.5 Å². The third-order valence-corrected chi connectivity index (χ3v) is 6.34. The Hall–Kier alpha value is -3.92. The highest BCUT2D eigenvalue weighted by molar-refractivity contribution is 7.92. The molecule has 1 unspecified atom stereocenters. The molecule has 0 fully saturated rings. The molecular formula is C24H20FNO7S. The van der Waals surface area contributed by atoms with E-state index in [9.17, 15) is 22.4 Å². The van der Waals surface area contributed by atoms with Gasteiger partial charge in [-0.2, -0.15) is 0 Å². The summed E-state index contributed by atoms with van der Waals surface area (Å²) in [6, 6.07) is 14.8. The fraction of sp³-hybridized carbons (Fsp3) is 0.167. The van der Waals surface area contributed by atoms with Crippen LogP contribution < -0.4 is 14.2 Å². The number of benzene rings is 3. The molecule has 34 heavy (non-hydrogen) atoms. The second-order valence-corrected chi connectivity index (χ2v) is 9.09. The van der Waals surface area contributed by atoms with E-state index in [1.165, 1.54) is 61.5 Å². The zero-order valence-corrected chi connectivity index (χ0v) is 18.8. The van der Waals surface area contributed by atoms with Crippen LogP contribution in [0.1, 0.15) is 27.6 Å². The number of fused-ring (bicyclic) bond motifs is 1. The maximum Gasteiger partial charge on any atom is 0.338 e. The van der Waals surface area contributed by atoms with Gasteiger partial charge < -0.3 is 14.2 Å². The molecule has 0 aromatic heterocycles. The molecule has 0 bridgehead atoms. The number of sulfonamides is 1. The number of esters is 1. The van der Waals surface area contributed by atoms with Gasteiger partial charge in [0.2, 0.25) is 5.78 Å². The maximum atomic E-state index is 13.1. The Balaban J connectivity index is 1.46. The van der Waals surface area contributed by atoms with E-state index >= 15 is 0 Å². The minimum Gasteiger partial charge on any atom is -0.486 e. The highest BCUT2D eigenvalue weighted by Gasteiger charge is 2.22. The fourth-order valence-corrected chi connectivity index (χ4v) is 4.31. The number of ether oxygens (including phenoxy) is 3. The first-order chi connectivity index (χ1) is 16.2. The zero-order chi connectivity index (χ0) is 24.3. The van der Waals surface area contributed by atoms with Crippen molar-refractivity contribution in [1.29, 1.82) is 0 Å². The highest BCUT2D eigenvalue weighted by atomic mass is 32.2. The topological polar surface area (TPSA) is 108 Å². The third kappa shape index (κ3) is 5.18. The third-order valence-electron chi connectivity index (χ3n) is 4.96. The van der Waals surface area contributed by atoms with Crippen molar-refractivity contribution in [3.05, 3.63) is 83.7 Å². The summed E-state index contributed by atoms with van der Waals surface area (Å²) in [5.41, 5.74) is 0.366. The Morgan fingerprint density at radius 2 is 1.65 bits per heavy atom. The summed E-state index contributed by atoms with van der Waals surface area (Å²) in [7, 11) is -3.99. The number of halogens is 1. The number of nitrogens with one attached hydrogen (secondary N) is 1. The summed E-state index contributed by atoms with van der Waals surface area (Å²) < 4.78 is 57.2. The Morgan fingerprint density at radius 3 is 2.38 bits per heavy atom. The molecule has 8 nitrogen and oxygen atoms in total. The molecule has 1 aliphatic rings. The van der Waals surface area contributed by atoms with Gasteiger partial charge >= 0.3 is 5.97 Å². The van der Waals surface area contributed by atoms with Crippen molar-refractivity contribution < 1.29 is 36.6 Å². The molecule has 1 heterocycles. The van der Waals surface area contributed by atoms with Gasteiger partial charge in [0.15, 0.2) is 17.6 Å². The second kappa shape index (κ2) is 9.52. The lowest BCUT2D eigenvalue weighted by Crippen LogP contribution is -2.24. The number of carbonyl (C=O) groups excluding carboxylic acids is 2. The normalized spacial score (nSPS) is 13.6. The van der Waals surface area contributed by atoms with Crippen molar-refractivity contribution in [3.8, 4) is 11.5 Å². The maximum absolute atomic E-state index is 13.1. The summed E-state index contributed by atoms with van der Waals surface area (Å²) in [5.74, 6) is -1.02. The van der Waals surface area contributed by atoms with Crippen LogP contribution in [0.4, 0.5) is 10.1 Å². The molecule has 3 aromatic carbocycles. The van der Waals surface area contributed by atoms with Crippen LogP contribution in [0.5, 0.6) is 11.5 Å². The van der Waals surface area contributed by atoms with Crippen molar-refractivity contribution in [2.24, 2.45) is 0 Å². The molecule has 0 spiro atoms. The van der Waals surface area contributed by atoms with Gasteiger partial charge in [-0.15, -0.1) is 0 Å². The molecular weight excluding hydrogens is 465 g/mol. The average Bonchev–Trinajstić information content (AvgIpc) is 2.83. The quantitative estimate of drug-likeness (QED) is 0.400. The van der Waals surface area contributed by atoms with Gasteiger partial charge in [0, 0.05) is 17.3 Å². The van der Waals surface area contributed by atoms with Crippen molar-refractivity contribution in [2.45, 2.75) is 17.9 Å². The first-order valence-corrected chi connectivity index (χ1v) is 11.7. The predicted octanol–water partition coefficient (Wildman–Crippen LogP) is 3.83. The number of anilines is 1. The number of hydrogen-bond donors (Lipinski definition) is 1. The fourth-order valence-electron chi connectivity index (χ4n) is 3.25. The van der Waals surface area contributed by atoms with Gasteiger partial charge in [-0.25, -0.2) is 17.6 Å². The molecule has 0 radical (unpaired) electrons. The minimum atomic E-state index is -3.99. The van der Waals surface area contributed by atoms with E-state index in [0.29, 0.717) is 24.7 Å². The van der Waals surface area contributed by atoms with Crippen LogP contribution in [0.25, 0.3) is 0 Å². The van der Waals surface area contributed by atoms with E-state index in [1.54, 1.807) is 0 Å². The first-order valence-electron chi connectivity index (χ1n) is 10.3. The first kappa shape index (κ1) is 23.2. The van der Waals surface area contributed by atoms with Crippen molar-refractivity contribution in [2.75, 3.05) is 17.9 Å². The largest absolute Gasteiger partial charge is 0.486 e. The molecule has 4 rings (SSSR count). The standard InChI is InChI=1S/C24H20FNO7S/c1-15(23(27)16-5-7-18(25)8-6-16)33-24(28)17-3-2-4-19(13-17)26-34(29,30)20-9-10-21-22(14-20)32-12-11-31-21/h2-10,13-15,26H,11-12H2,1H3. The van der Waals surface area contributed by atoms with Crippen molar-refractivity contribution in [3.63, 3.8) is 0 Å². The minimum absolute atomic E-state index is 0.0387. The summed E-state index contributed by atoms with van der Waals surface area (Å²) in [6.45, 7) is 2.10. The van der Waals surface area contributed by atoms with Crippen LogP contribution in [-0.2, 0) is 14.8 Å². The van der Waals surface area contributed by atoms with Crippen LogP contribution in [0, 0.1) is 5.82 Å². The van der Waals surface area contributed by atoms with E-state index in [1.807, 2.05) is 0 Å². The zero-order valence-electron chi connectivity index (χ0n) is 18.0. The Kier molecular flexibility index (Phi) is 6.51. The Bertz CT molecular complexity index is 1340. The summed E-state index contributed by atoms with van der Waals surface area (Å²) >= 11 is 0. The van der Waals surface area contributed by atoms with Crippen molar-refractivity contribution in [1.82, 2.24) is 0 Å². The lowest BCUT2D eigenvalue weighted by molar-refractivity contribution is 0.0319.